The quantitative estimate of drug-likeness (QED) is 0.313. The number of nitrogens with zero attached hydrogens (tertiary/aromatic N) is 1. The molecule has 0 spiro atoms. The summed E-state index contributed by atoms with van der Waals surface area (Å²) in [7, 11) is 0. The first kappa shape index (κ1) is 12.6. The Balaban J connectivity index is 3.64. The fraction of sp³-hybridized carbons (Fsp3) is 1.00. The van der Waals surface area contributed by atoms with Gasteiger partial charge < -0.3 is 9.47 Å². The minimum Gasteiger partial charge on any atom is -0.339 e. The number of rotatable bonds is 6. The Hall–Kier alpha value is -0.400. The highest BCUT2D eigenvalue weighted by molar-refractivity contribution is 9.09. The van der Waals surface area contributed by atoms with Crippen molar-refractivity contribution < 1.29 is 19.4 Å². The van der Waals surface area contributed by atoms with E-state index < -0.39 is 17.7 Å². The molecule has 78 valence electrons. The number of halogens is 1. The molecule has 0 radical (unpaired) electrons. The first-order valence-electron chi connectivity index (χ1n) is 3.68. The lowest BCUT2D eigenvalue weighted by Crippen LogP contribution is -2.25. The lowest BCUT2D eigenvalue weighted by Gasteiger charge is -2.18. The Bertz CT molecular complexity index is 165. The summed E-state index contributed by atoms with van der Waals surface area (Å²) in [5.74, 6) is 0. The molecule has 0 fully saturated rings. The number of ether oxygens (including phenoxy) is 2. The van der Waals surface area contributed by atoms with Gasteiger partial charge in [-0.05, 0) is 20.8 Å². The van der Waals surface area contributed by atoms with Gasteiger partial charge in [0, 0.05) is 0 Å². The molecule has 0 heterocycles. The second-order valence-corrected chi connectivity index (χ2v) is 3.57. The third kappa shape index (κ3) is 7.94. The molecule has 6 nitrogen and oxygen atoms in total. The van der Waals surface area contributed by atoms with Crippen molar-refractivity contribution in [1.29, 1.82) is 0 Å². The van der Waals surface area contributed by atoms with E-state index in [1.54, 1.807) is 13.8 Å². The van der Waals surface area contributed by atoms with E-state index in [0.717, 1.165) is 0 Å². The van der Waals surface area contributed by atoms with Crippen molar-refractivity contribution >= 4 is 15.9 Å². The molecule has 7 heteroatoms. The summed E-state index contributed by atoms with van der Waals surface area (Å²) in [6, 6.07) is 0. The molecule has 0 aliphatic rings. The predicted octanol–water partition coefficient (Wildman–Crippen LogP) is 1.66. The van der Waals surface area contributed by atoms with Crippen LogP contribution in [0.15, 0.2) is 0 Å². The second kappa shape index (κ2) is 6.11. The fourth-order valence-electron chi connectivity index (χ4n) is 0.712. The van der Waals surface area contributed by atoms with Crippen LogP contribution in [0.4, 0.5) is 0 Å². The maximum Gasteiger partial charge on any atom is 0.297 e. The average molecular weight is 258 g/mol. The Kier molecular flexibility index (Phi) is 5.93. The van der Waals surface area contributed by atoms with Crippen LogP contribution >= 0.6 is 15.9 Å². The molecule has 3 atom stereocenters. The Morgan fingerprint density at radius 2 is 1.77 bits per heavy atom. The van der Waals surface area contributed by atoms with Crippen LogP contribution in [0, 0.1) is 10.1 Å². The van der Waals surface area contributed by atoms with Gasteiger partial charge in [-0.2, -0.15) is 0 Å². The highest BCUT2D eigenvalue weighted by Gasteiger charge is 2.13. The topological polar surface area (TPSA) is 70.8 Å². The molecular weight excluding hydrogens is 246 g/mol. The van der Waals surface area contributed by atoms with Crippen LogP contribution in [0.5, 0.6) is 0 Å². The Morgan fingerprint density at radius 1 is 1.23 bits per heavy atom. The van der Waals surface area contributed by atoms with E-state index in [1.807, 2.05) is 0 Å². The molecule has 0 bridgehead atoms. The third-order valence-corrected chi connectivity index (χ3v) is 1.21. The first-order valence-corrected chi connectivity index (χ1v) is 4.59. The van der Waals surface area contributed by atoms with Gasteiger partial charge in [-0.15, -0.1) is 10.1 Å². The van der Waals surface area contributed by atoms with Crippen LogP contribution < -0.4 is 0 Å². The maximum absolute atomic E-state index is 9.87. The average Bonchev–Trinajstić information content (AvgIpc) is 1.80. The SMILES string of the molecule is CC(Br)OC(C)OC(C)O[N+](=O)[O-]. The lowest BCUT2D eigenvalue weighted by atomic mass is 10.7. The van der Waals surface area contributed by atoms with E-state index in [-0.39, 0.29) is 5.01 Å². The van der Waals surface area contributed by atoms with E-state index >= 15 is 0 Å². The molecule has 0 aromatic heterocycles. The number of alkyl halides is 1. The Labute approximate surface area is 84.4 Å². The summed E-state index contributed by atoms with van der Waals surface area (Å²) in [5.41, 5.74) is 0. The predicted molar refractivity (Wildman–Crippen MR) is 47.6 cm³/mol. The van der Waals surface area contributed by atoms with Gasteiger partial charge in [0.2, 0.25) is 6.29 Å². The van der Waals surface area contributed by atoms with Gasteiger partial charge in [-0.3, -0.25) is 4.84 Å². The zero-order chi connectivity index (χ0) is 10.4. The van der Waals surface area contributed by atoms with Crippen molar-refractivity contribution in [2.24, 2.45) is 0 Å². The molecule has 0 rings (SSSR count). The van der Waals surface area contributed by atoms with E-state index in [0.29, 0.717) is 0 Å². The van der Waals surface area contributed by atoms with Crippen LogP contribution in [-0.4, -0.2) is 22.7 Å². The zero-order valence-corrected chi connectivity index (χ0v) is 9.18. The van der Waals surface area contributed by atoms with Crippen LogP contribution in [0.3, 0.4) is 0 Å². The molecule has 0 aliphatic heterocycles. The highest BCUT2D eigenvalue weighted by Crippen LogP contribution is 2.07. The van der Waals surface area contributed by atoms with E-state index in [1.165, 1.54) is 6.92 Å². The van der Waals surface area contributed by atoms with Crippen molar-refractivity contribution in [3.05, 3.63) is 10.1 Å². The van der Waals surface area contributed by atoms with E-state index in [2.05, 4.69) is 20.8 Å². The minimum absolute atomic E-state index is 0.176. The molecule has 0 aromatic rings. The molecule has 0 N–H and O–H groups in total. The van der Waals surface area contributed by atoms with Gasteiger partial charge in [0.25, 0.3) is 5.09 Å². The van der Waals surface area contributed by atoms with Gasteiger partial charge in [-0.1, -0.05) is 15.9 Å². The van der Waals surface area contributed by atoms with Crippen LogP contribution in [0.2, 0.25) is 0 Å². The van der Waals surface area contributed by atoms with Gasteiger partial charge in [0.1, 0.15) is 5.01 Å². The normalized spacial score (nSPS) is 17.5. The van der Waals surface area contributed by atoms with Gasteiger partial charge in [0.15, 0.2) is 6.29 Å². The number of hydrogen-bond donors (Lipinski definition) is 0. The minimum atomic E-state index is -0.934. The van der Waals surface area contributed by atoms with Crippen LogP contribution in [0.1, 0.15) is 20.8 Å². The van der Waals surface area contributed by atoms with Gasteiger partial charge >= 0.3 is 0 Å². The molecule has 13 heavy (non-hydrogen) atoms. The third-order valence-electron chi connectivity index (χ3n) is 0.997. The molecule has 0 aliphatic carbocycles. The highest BCUT2D eigenvalue weighted by atomic mass is 79.9. The summed E-state index contributed by atoms with van der Waals surface area (Å²) >= 11 is 3.14. The summed E-state index contributed by atoms with van der Waals surface area (Å²) in [6.07, 6.45) is -1.50. The largest absolute Gasteiger partial charge is 0.339 e. The smallest absolute Gasteiger partial charge is 0.297 e. The summed E-state index contributed by atoms with van der Waals surface area (Å²) in [6.45, 7) is 4.80. The van der Waals surface area contributed by atoms with E-state index in [9.17, 15) is 10.1 Å². The second-order valence-electron chi connectivity index (χ2n) is 2.28. The van der Waals surface area contributed by atoms with Crippen molar-refractivity contribution in [2.75, 3.05) is 0 Å². The van der Waals surface area contributed by atoms with Crippen molar-refractivity contribution in [3.8, 4) is 0 Å². The van der Waals surface area contributed by atoms with Gasteiger partial charge in [-0.25, -0.2) is 0 Å². The lowest BCUT2D eigenvalue weighted by molar-refractivity contribution is -0.780. The zero-order valence-electron chi connectivity index (χ0n) is 7.60. The first-order chi connectivity index (χ1) is 5.91. The van der Waals surface area contributed by atoms with Crippen molar-refractivity contribution in [1.82, 2.24) is 0 Å². The van der Waals surface area contributed by atoms with Gasteiger partial charge in [0.05, 0.1) is 0 Å². The van der Waals surface area contributed by atoms with E-state index in [4.69, 9.17) is 9.47 Å². The molecule has 0 amide bonds. The van der Waals surface area contributed by atoms with Crippen LogP contribution in [0.25, 0.3) is 0 Å². The standard InChI is InChI=1S/C6H12BrNO5/c1-4(7)11-5(2)12-6(3)13-8(9)10/h4-6H,1-3H3. The van der Waals surface area contributed by atoms with Crippen molar-refractivity contribution in [2.45, 2.75) is 38.4 Å². The summed E-state index contributed by atoms with van der Waals surface area (Å²) < 4.78 is 10.1. The molecule has 0 saturated carbocycles. The van der Waals surface area contributed by atoms with Crippen LogP contribution in [-0.2, 0) is 14.3 Å². The molecule has 0 aromatic carbocycles. The number of hydrogen-bond acceptors (Lipinski definition) is 5. The fourth-order valence-corrected chi connectivity index (χ4v) is 1.02. The summed E-state index contributed by atoms with van der Waals surface area (Å²) in [5, 5.41) is 8.78. The Morgan fingerprint density at radius 3 is 2.15 bits per heavy atom. The molecule has 3 unspecified atom stereocenters. The summed E-state index contributed by atoms with van der Waals surface area (Å²) in [4.78, 5) is 14.0. The molecular formula is C6H12BrNO5. The van der Waals surface area contributed by atoms with Crippen molar-refractivity contribution in [3.63, 3.8) is 0 Å². The monoisotopic (exact) mass is 257 g/mol. The molecule has 0 saturated heterocycles. The maximum atomic E-state index is 9.87.